The lowest BCUT2D eigenvalue weighted by atomic mass is 9.90. The first kappa shape index (κ1) is 42.6. The van der Waals surface area contributed by atoms with Gasteiger partial charge in [-0.05, 0) is 86.4 Å². The Morgan fingerprint density at radius 3 is 2.45 bits per heavy atom. The van der Waals surface area contributed by atoms with Gasteiger partial charge in [-0.2, -0.15) is 18.4 Å². The molecule has 3 aliphatic heterocycles. The number of pyridine rings is 1. The monoisotopic (exact) mass is 839 g/mol. The number of aromatic nitrogens is 1. The van der Waals surface area contributed by atoms with Crippen LogP contribution in [0, 0.1) is 17.2 Å². The Bertz CT molecular complexity index is 2170. The van der Waals surface area contributed by atoms with E-state index in [0.29, 0.717) is 86.7 Å². The number of carbonyl (C=O) groups is 4. The van der Waals surface area contributed by atoms with Crippen LogP contribution in [0.15, 0.2) is 48.7 Å². The third-order valence-electron chi connectivity index (χ3n) is 10.5. The van der Waals surface area contributed by atoms with Crippen LogP contribution in [-0.4, -0.2) is 99.9 Å². The van der Waals surface area contributed by atoms with Crippen molar-refractivity contribution < 1.29 is 42.2 Å². The molecule has 2 aromatic carbocycles. The van der Waals surface area contributed by atoms with E-state index < -0.39 is 35.5 Å². The molecule has 0 radical (unpaired) electrons. The molecule has 1 atom stereocenters. The van der Waals surface area contributed by atoms with Gasteiger partial charge in [0.05, 0.1) is 30.6 Å². The Hall–Kier alpha value is -4.99. The number of aliphatic hydroxyl groups excluding tert-OH is 1. The van der Waals surface area contributed by atoms with E-state index in [9.17, 15) is 37.5 Å². The van der Waals surface area contributed by atoms with Gasteiger partial charge in [0.1, 0.15) is 24.0 Å². The molecule has 0 saturated carbocycles. The zero-order chi connectivity index (χ0) is 41.9. The molecule has 1 unspecified atom stereocenters. The Labute approximate surface area is 343 Å². The zero-order valence-corrected chi connectivity index (χ0v) is 33.3. The number of carbonyl (C=O) groups excluding carboxylic acids is 4. The number of anilines is 2. The van der Waals surface area contributed by atoms with E-state index >= 15 is 0 Å². The van der Waals surface area contributed by atoms with Crippen molar-refractivity contribution in [3.05, 3.63) is 81.6 Å². The van der Waals surface area contributed by atoms with E-state index in [0.717, 1.165) is 22.2 Å². The molecule has 3 saturated heterocycles. The Balaban J connectivity index is 1.00. The van der Waals surface area contributed by atoms with E-state index in [1.54, 1.807) is 44.2 Å². The minimum absolute atomic E-state index is 0.0444. The molecule has 3 aromatic rings. The molecule has 4 heterocycles. The molecule has 6 rings (SSSR count). The average Bonchev–Trinajstić information content (AvgIpc) is 3.34. The summed E-state index contributed by atoms with van der Waals surface area (Å²) in [6.45, 7) is 6.68. The van der Waals surface area contributed by atoms with Crippen molar-refractivity contribution in [3.63, 3.8) is 0 Å². The highest BCUT2D eigenvalue weighted by molar-refractivity contribution is 7.81. The van der Waals surface area contributed by atoms with Crippen LogP contribution in [0.25, 0.3) is 0 Å². The number of Topliss-reactive ketones (excluding diaryl/α,β-unsaturated/α-hetero) is 1. The largest absolute Gasteiger partial charge is 0.492 e. The van der Waals surface area contributed by atoms with Gasteiger partial charge in [0.15, 0.2) is 16.6 Å². The summed E-state index contributed by atoms with van der Waals surface area (Å²) in [4.78, 5) is 60.8. The summed E-state index contributed by atoms with van der Waals surface area (Å²) in [7, 11) is 0. The quantitative estimate of drug-likeness (QED) is 0.185. The number of ketones is 1. The fraction of sp³-hybridized carbons (Fsp3) is 0.425. The number of piperazine rings is 1. The van der Waals surface area contributed by atoms with Gasteiger partial charge in [-0.1, -0.05) is 17.7 Å². The minimum Gasteiger partial charge on any atom is -0.492 e. The summed E-state index contributed by atoms with van der Waals surface area (Å²) in [6, 6.07) is 12.4. The van der Waals surface area contributed by atoms with Gasteiger partial charge in [0.25, 0.3) is 5.91 Å². The van der Waals surface area contributed by atoms with Crippen molar-refractivity contribution >= 4 is 63.8 Å². The lowest BCUT2D eigenvalue weighted by molar-refractivity contribution is -0.138. The number of halogens is 4. The molecular weight excluding hydrogens is 799 g/mol. The molecule has 3 fully saturated rings. The molecule has 18 heteroatoms. The number of ether oxygens (including phenoxy) is 1. The van der Waals surface area contributed by atoms with Gasteiger partial charge < -0.3 is 14.7 Å². The second kappa shape index (κ2) is 17.5. The number of imide groups is 1. The summed E-state index contributed by atoms with van der Waals surface area (Å²) < 4.78 is 47.2. The maximum atomic E-state index is 13.7. The van der Waals surface area contributed by atoms with Crippen molar-refractivity contribution in [2.75, 3.05) is 55.7 Å². The van der Waals surface area contributed by atoms with E-state index in [-0.39, 0.29) is 47.3 Å². The molecule has 0 bridgehead atoms. The number of aliphatic hydroxyl groups is 1. The predicted molar refractivity (Wildman–Crippen MR) is 211 cm³/mol. The van der Waals surface area contributed by atoms with Crippen molar-refractivity contribution in [2.24, 2.45) is 5.92 Å². The second-order valence-electron chi connectivity index (χ2n) is 15.0. The molecule has 3 aliphatic rings. The van der Waals surface area contributed by atoms with Crippen LogP contribution in [0.2, 0.25) is 5.02 Å². The molecule has 1 aromatic heterocycles. The molecule has 0 spiro atoms. The third-order valence-corrected chi connectivity index (χ3v) is 11.1. The first-order chi connectivity index (χ1) is 27.5. The smallest absolute Gasteiger partial charge is 0.419 e. The standard InChI is InChI=1S/C40H41ClF3N7O6S/c1-39(2)37(56)50(30-19-32(40(42,43)44)33(20-45)46-21-30)38(58)51(39)29-4-5-34(27(18-29)23-52)57-12-11-48-7-9-49(10-8-48)22-31(53)17-25-13-24(15-28(41)16-25)14-26-3-6-35(54)47-36(26)55/h4-5,13,15-16,18-19,21,26,52H,3,6-12,14,17,22-23H2,1-2H3,(H,47,54,55). The fourth-order valence-electron chi connectivity index (χ4n) is 7.45. The van der Waals surface area contributed by atoms with Crippen molar-refractivity contribution in [2.45, 2.75) is 57.9 Å². The SMILES string of the molecule is CC1(C)C(=O)N(c2cnc(C#N)c(C(F)(F)F)c2)C(=S)N1c1ccc(OCCN2CCN(CC(=O)Cc3cc(Cl)cc(CC4CCC(=O)NC4=O)c3)CC2)c(CO)c1. The molecule has 306 valence electrons. The van der Waals surface area contributed by atoms with Crippen LogP contribution in [0.3, 0.4) is 0 Å². The van der Waals surface area contributed by atoms with Gasteiger partial charge in [0, 0.05) is 67.8 Å². The average molecular weight is 840 g/mol. The molecule has 2 N–H and O–H groups in total. The molecule has 13 nitrogen and oxygen atoms in total. The topological polar surface area (TPSA) is 159 Å². The Morgan fingerprint density at radius 1 is 1.07 bits per heavy atom. The fourth-order valence-corrected chi connectivity index (χ4v) is 8.25. The maximum absolute atomic E-state index is 13.7. The van der Waals surface area contributed by atoms with Crippen LogP contribution in [0.5, 0.6) is 5.75 Å². The van der Waals surface area contributed by atoms with Crippen LogP contribution >= 0.6 is 23.8 Å². The minimum atomic E-state index is -4.89. The number of alkyl halides is 3. The van der Waals surface area contributed by atoms with Gasteiger partial charge in [-0.25, -0.2) is 4.98 Å². The lowest BCUT2D eigenvalue weighted by Crippen LogP contribution is -2.48. The van der Waals surface area contributed by atoms with Gasteiger partial charge >= 0.3 is 6.18 Å². The third kappa shape index (κ3) is 9.48. The molecule has 58 heavy (non-hydrogen) atoms. The Kier molecular flexibility index (Phi) is 12.8. The number of nitrogens with zero attached hydrogens (tertiary/aromatic N) is 6. The van der Waals surface area contributed by atoms with Crippen LogP contribution in [0.1, 0.15) is 54.6 Å². The highest BCUT2D eigenvalue weighted by Crippen LogP contribution is 2.40. The van der Waals surface area contributed by atoms with Crippen LogP contribution in [-0.2, 0) is 44.8 Å². The predicted octanol–water partition coefficient (Wildman–Crippen LogP) is 4.44. The maximum Gasteiger partial charge on any atom is 0.419 e. The molecule has 0 aliphatic carbocycles. The van der Waals surface area contributed by atoms with Crippen LogP contribution < -0.4 is 19.9 Å². The highest BCUT2D eigenvalue weighted by Gasteiger charge is 2.51. The summed E-state index contributed by atoms with van der Waals surface area (Å²) in [6.07, 6.45) is -2.47. The second-order valence-corrected chi connectivity index (χ2v) is 15.8. The summed E-state index contributed by atoms with van der Waals surface area (Å²) >= 11 is 12.0. The van der Waals surface area contributed by atoms with Crippen LogP contribution in [0.4, 0.5) is 24.5 Å². The van der Waals surface area contributed by atoms with Gasteiger partial charge in [-0.15, -0.1) is 0 Å². The first-order valence-electron chi connectivity index (χ1n) is 18.6. The molecule has 3 amide bonds. The normalized spacial score (nSPS) is 19.0. The summed E-state index contributed by atoms with van der Waals surface area (Å²) in [5.74, 6) is -1.03. The number of nitriles is 1. The highest BCUT2D eigenvalue weighted by atomic mass is 35.5. The van der Waals surface area contributed by atoms with E-state index in [2.05, 4.69) is 20.1 Å². The number of thiocarbonyl (C=S) groups is 1. The number of hydrogen-bond donors (Lipinski definition) is 2. The van der Waals surface area contributed by atoms with E-state index in [1.165, 1.54) is 11.0 Å². The van der Waals surface area contributed by atoms with Gasteiger partial charge in [0.2, 0.25) is 11.8 Å². The number of hydrogen-bond acceptors (Lipinski definition) is 11. The summed E-state index contributed by atoms with van der Waals surface area (Å²) in [5, 5.41) is 22.2. The van der Waals surface area contributed by atoms with E-state index in [4.69, 9.17) is 33.8 Å². The Morgan fingerprint density at radius 2 is 1.78 bits per heavy atom. The first-order valence-corrected chi connectivity index (χ1v) is 19.4. The number of benzene rings is 2. The van der Waals surface area contributed by atoms with Crippen molar-refractivity contribution in [1.29, 1.82) is 5.26 Å². The number of rotatable bonds is 13. The summed E-state index contributed by atoms with van der Waals surface area (Å²) in [5.41, 5.74) is -1.23. The zero-order valence-electron chi connectivity index (χ0n) is 31.8. The number of amides is 3. The number of nitrogens with one attached hydrogen (secondary N) is 1. The van der Waals surface area contributed by atoms with E-state index in [1.807, 2.05) is 6.07 Å². The van der Waals surface area contributed by atoms with Crippen molar-refractivity contribution in [3.8, 4) is 11.8 Å². The van der Waals surface area contributed by atoms with Crippen molar-refractivity contribution in [1.82, 2.24) is 20.1 Å². The van der Waals surface area contributed by atoms with Gasteiger partial charge in [-0.3, -0.25) is 39.2 Å². The molecular formula is C40H41ClF3N7O6S. The number of piperidine rings is 1. The lowest BCUT2D eigenvalue weighted by Gasteiger charge is -2.34.